The summed E-state index contributed by atoms with van der Waals surface area (Å²) in [5.41, 5.74) is 0.718. The van der Waals surface area contributed by atoms with Crippen LogP contribution in [0.4, 0.5) is 0 Å². The van der Waals surface area contributed by atoms with Gasteiger partial charge in [-0.05, 0) is 55.4 Å². The van der Waals surface area contributed by atoms with Crippen molar-refractivity contribution in [2.75, 3.05) is 6.61 Å². The van der Waals surface area contributed by atoms with Crippen LogP contribution in [0.2, 0.25) is 5.02 Å². The van der Waals surface area contributed by atoms with Crippen LogP contribution in [-0.2, 0) is 20.9 Å². The minimum Gasteiger partial charge on any atom is -0.493 e. The van der Waals surface area contributed by atoms with Gasteiger partial charge >= 0.3 is 11.9 Å². The minimum absolute atomic E-state index is 0.0529. The van der Waals surface area contributed by atoms with Gasteiger partial charge in [0.25, 0.3) is 0 Å². The van der Waals surface area contributed by atoms with Crippen LogP contribution in [0.15, 0.2) is 30.4 Å². The first kappa shape index (κ1) is 24.5. The van der Waals surface area contributed by atoms with E-state index in [2.05, 4.69) is 0 Å². The van der Waals surface area contributed by atoms with Crippen molar-refractivity contribution in [1.82, 2.24) is 0 Å². The molecule has 166 valence electrons. The summed E-state index contributed by atoms with van der Waals surface area (Å²) in [6.07, 6.45) is 6.05. The lowest BCUT2D eigenvalue weighted by Crippen LogP contribution is -2.27. The van der Waals surface area contributed by atoms with Gasteiger partial charge in [-0.25, -0.2) is 0 Å². The fourth-order valence-electron chi connectivity index (χ4n) is 3.60. The first-order chi connectivity index (χ1) is 14.3. The van der Waals surface area contributed by atoms with Crippen molar-refractivity contribution in [1.29, 1.82) is 0 Å². The van der Waals surface area contributed by atoms with Gasteiger partial charge in [0.2, 0.25) is 0 Å². The first-order valence-electron chi connectivity index (χ1n) is 10.0. The van der Waals surface area contributed by atoms with Crippen LogP contribution in [0, 0.1) is 11.8 Å². The highest BCUT2D eigenvalue weighted by Gasteiger charge is 2.41. The van der Waals surface area contributed by atoms with E-state index in [0.717, 1.165) is 5.56 Å². The third-order valence-electron chi connectivity index (χ3n) is 5.13. The normalized spacial score (nSPS) is 23.6. The number of benzene rings is 1. The largest absolute Gasteiger partial charge is 0.493 e. The second-order valence-electron chi connectivity index (χ2n) is 7.53. The molecule has 1 saturated carbocycles. The molecule has 1 aliphatic carbocycles. The van der Waals surface area contributed by atoms with E-state index in [0.29, 0.717) is 36.5 Å². The lowest BCUT2D eigenvalue weighted by atomic mass is 9.92. The molecule has 1 aromatic rings. The van der Waals surface area contributed by atoms with Crippen LogP contribution in [0.3, 0.4) is 0 Å². The molecule has 0 amide bonds. The van der Waals surface area contributed by atoms with Crippen LogP contribution >= 0.6 is 23.2 Å². The zero-order valence-corrected chi connectivity index (χ0v) is 18.4. The third-order valence-corrected chi connectivity index (χ3v) is 5.85. The second-order valence-corrected chi connectivity index (χ2v) is 8.52. The molecule has 6 nitrogen and oxygen atoms in total. The topological polar surface area (TPSA) is 93.1 Å². The minimum atomic E-state index is -0.794. The van der Waals surface area contributed by atoms with Gasteiger partial charge in [-0.1, -0.05) is 23.8 Å². The van der Waals surface area contributed by atoms with Gasteiger partial charge in [-0.15, -0.1) is 11.6 Å². The number of halogens is 2. The van der Waals surface area contributed by atoms with Crippen LogP contribution in [0.1, 0.15) is 44.6 Å². The SMILES string of the molecule is CC(=O)OCc1cc(Cl)cc(OC[C@@H]2[C@@H](CC=CCCCC(=O)O)[C@H](Cl)C[C@H]2O)c1. The number of hydrogen-bond donors (Lipinski definition) is 2. The molecule has 2 N–H and O–H groups in total. The molecule has 30 heavy (non-hydrogen) atoms. The molecule has 0 aliphatic heterocycles. The molecule has 0 aromatic heterocycles. The molecule has 1 aromatic carbocycles. The van der Waals surface area contributed by atoms with Crippen molar-refractivity contribution in [3.63, 3.8) is 0 Å². The molecule has 2 rings (SSSR count). The van der Waals surface area contributed by atoms with Crippen molar-refractivity contribution in [3.05, 3.63) is 40.9 Å². The molecule has 0 unspecified atom stereocenters. The van der Waals surface area contributed by atoms with Crippen molar-refractivity contribution in [3.8, 4) is 5.75 Å². The molecule has 0 radical (unpaired) electrons. The van der Waals surface area contributed by atoms with Crippen molar-refractivity contribution < 1.29 is 29.3 Å². The summed E-state index contributed by atoms with van der Waals surface area (Å²) in [4.78, 5) is 21.6. The van der Waals surface area contributed by atoms with Crippen molar-refractivity contribution >= 4 is 35.1 Å². The molecule has 8 heteroatoms. The lowest BCUT2D eigenvalue weighted by molar-refractivity contribution is -0.142. The van der Waals surface area contributed by atoms with Crippen molar-refractivity contribution in [2.24, 2.45) is 11.8 Å². The van der Waals surface area contributed by atoms with E-state index in [1.54, 1.807) is 18.2 Å². The Kier molecular flexibility index (Phi) is 9.95. The molecular formula is C22H28Cl2O6. The monoisotopic (exact) mass is 458 g/mol. The number of alkyl halides is 1. The molecule has 0 bridgehead atoms. The van der Waals surface area contributed by atoms with Crippen LogP contribution < -0.4 is 4.74 Å². The maximum absolute atomic E-state index is 11.0. The Morgan fingerprint density at radius 2 is 2.00 bits per heavy atom. The number of allylic oxidation sites excluding steroid dienone is 2. The first-order valence-corrected chi connectivity index (χ1v) is 10.8. The summed E-state index contributed by atoms with van der Waals surface area (Å²) in [5, 5.41) is 19.4. The highest BCUT2D eigenvalue weighted by atomic mass is 35.5. The molecule has 0 heterocycles. The second kappa shape index (κ2) is 12.2. The number of aliphatic hydroxyl groups excluding tert-OH is 1. The molecule has 4 atom stereocenters. The maximum atomic E-state index is 11.0. The number of rotatable bonds is 11. The highest BCUT2D eigenvalue weighted by molar-refractivity contribution is 6.30. The van der Waals surface area contributed by atoms with E-state index in [1.807, 2.05) is 12.2 Å². The molecule has 0 saturated heterocycles. The Morgan fingerprint density at radius 1 is 1.23 bits per heavy atom. The number of aliphatic carboxylic acids is 1. The van der Waals surface area contributed by atoms with E-state index in [1.165, 1.54) is 6.92 Å². The van der Waals surface area contributed by atoms with Gasteiger partial charge in [-0.2, -0.15) is 0 Å². The van der Waals surface area contributed by atoms with Gasteiger partial charge in [0.1, 0.15) is 12.4 Å². The fourth-order valence-corrected chi connectivity index (χ4v) is 4.32. The van der Waals surface area contributed by atoms with Gasteiger partial charge in [-0.3, -0.25) is 9.59 Å². The number of aliphatic hydroxyl groups is 1. The summed E-state index contributed by atoms with van der Waals surface area (Å²) in [6, 6.07) is 5.13. The smallest absolute Gasteiger partial charge is 0.303 e. The lowest BCUT2D eigenvalue weighted by Gasteiger charge is -2.23. The van der Waals surface area contributed by atoms with E-state index < -0.39 is 12.1 Å². The number of carboxylic acid groups (broad SMARTS) is 1. The molecule has 1 fully saturated rings. The standard InChI is InChI=1S/C22H28Cl2O6/c1-14(25)29-12-15-8-16(23)10-17(9-15)30-13-19-18(20(24)11-21(19)26)6-4-2-3-5-7-22(27)28/h2,4,8-10,18-21,26H,3,5-7,11-13H2,1H3,(H,27,28)/t18-,19-,20-,21-/m1/s1. The van der Waals surface area contributed by atoms with Gasteiger partial charge in [0.05, 0.1) is 12.7 Å². The van der Waals surface area contributed by atoms with Gasteiger partial charge in [0, 0.05) is 29.7 Å². The maximum Gasteiger partial charge on any atom is 0.303 e. The van der Waals surface area contributed by atoms with Crippen LogP contribution in [-0.4, -0.2) is 40.2 Å². The number of unbranched alkanes of at least 4 members (excludes halogenated alkanes) is 1. The Morgan fingerprint density at radius 3 is 2.70 bits per heavy atom. The zero-order chi connectivity index (χ0) is 22.1. The van der Waals surface area contributed by atoms with Gasteiger partial charge < -0.3 is 19.7 Å². The summed E-state index contributed by atoms with van der Waals surface area (Å²) in [5.74, 6) is -0.710. The molecular weight excluding hydrogens is 431 g/mol. The van der Waals surface area contributed by atoms with E-state index in [-0.39, 0.29) is 42.8 Å². The average molecular weight is 459 g/mol. The third kappa shape index (κ3) is 8.17. The number of carbonyl (C=O) groups is 2. The predicted molar refractivity (Wildman–Crippen MR) is 115 cm³/mol. The van der Waals surface area contributed by atoms with E-state index >= 15 is 0 Å². The van der Waals surface area contributed by atoms with Crippen LogP contribution in [0.25, 0.3) is 0 Å². The summed E-state index contributed by atoms with van der Waals surface area (Å²) in [7, 11) is 0. The number of ether oxygens (including phenoxy) is 2. The van der Waals surface area contributed by atoms with Crippen molar-refractivity contribution in [2.45, 2.75) is 57.1 Å². The summed E-state index contributed by atoms with van der Waals surface area (Å²) < 4.78 is 10.9. The van der Waals surface area contributed by atoms with E-state index in [4.69, 9.17) is 37.8 Å². The Balaban J connectivity index is 1.92. The van der Waals surface area contributed by atoms with E-state index in [9.17, 15) is 14.7 Å². The predicted octanol–water partition coefficient (Wildman–Crippen LogP) is 4.59. The van der Waals surface area contributed by atoms with Crippen LogP contribution in [0.5, 0.6) is 5.75 Å². The molecule has 1 aliphatic rings. The zero-order valence-electron chi connectivity index (χ0n) is 16.9. The average Bonchev–Trinajstić information content (AvgIpc) is 2.93. The van der Waals surface area contributed by atoms with Gasteiger partial charge in [0.15, 0.2) is 0 Å². The Hall–Kier alpha value is -1.76. The Labute approximate surface area is 186 Å². The number of hydrogen-bond acceptors (Lipinski definition) is 5. The quantitative estimate of drug-likeness (QED) is 0.218. The summed E-state index contributed by atoms with van der Waals surface area (Å²) in [6.45, 7) is 1.74. The number of carboxylic acids is 1. The highest BCUT2D eigenvalue weighted by Crippen LogP contribution is 2.39. The summed E-state index contributed by atoms with van der Waals surface area (Å²) >= 11 is 12.6. The fraction of sp³-hybridized carbons (Fsp3) is 0.545. The number of esters is 1. The molecule has 0 spiro atoms. The Bertz CT molecular complexity index is 751. The number of carbonyl (C=O) groups excluding carboxylic acids is 1.